The van der Waals surface area contributed by atoms with Gasteiger partial charge in [0.1, 0.15) is 0 Å². The van der Waals surface area contributed by atoms with Crippen molar-refractivity contribution in [1.29, 1.82) is 0 Å². The lowest BCUT2D eigenvalue weighted by molar-refractivity contribution is -0.121. The van der Waals surface area contributed by atoms with Crippen LogP contribution in [0, 0.1) is 6.92 Å². The summed E-state index contributed by atoms with van der Waals surface area (Å²) in [5, 5.41) is 3.07. The van der Waals surface area contributed by atoms with Gasteiger partial charge in [-0.25, -0.2) is 8.42 Å². The maximum atomic E-state index is 12.5. The Morgan fingerprint density at radius 3 is 2.26 bits per heavy atom. The van der Waals surface area contributed by atoms with Crippen molar-refractivity contribution in [2.45, 2.75) is 56.4 Å². The highest BCUT2D eigenvalue weighted by Crippen LogP contribution is 2.19. The van der Waals surface area contributed by atoms with Crippen LogP contribution in [0.3, 0.4) is 0 Å². The fourth-order valence-corrected chi connectivity index (χ4v) is 4.36. The lowest BCUT2D eigenvalue weighted by atomic mass is 10.1. The molecule has 1 amide bonds. The van der Waals surface area contributed by atoms with Gasteiger partial charge in [0, 0.05) is 18.2 Å². The highest BCUT2D eigenvalue weighted by Gasteiger charge is 2.17. The van der Waals surface area contributed by atoms with Gasteiger partial charge in [-0.2, -0.15) is 0 Å². The van der Waals surface area contributed by atoms with Gasteiger partial charge in [-0.05, 0) is 56.0 Å². The predicted molar refractivity (Wildman–Crippen MR) is 107 cm³/mol. The van der Waals surface area contributed by atoms with Crippen molar-refractivity contribution in [1.82, 2.24) is 5.32 Å². The van der Waals surface area contributed by atoms with E-state index in [0.29, 0.717) is 24.6 Å². The summed E-state index contributed by atoms with van der Waals surface area (Å²) >= 11 is 0. The maximum absolute atomic E-state index is 12.5. The van der Waals surface area contributed by atoms with Crippen molar-refractivity contribution < 1.29 is 13.2 Å². The number of aryl methyl sites for hydroxylation is 2. The third-order valence-corrected chi connectivity index (χ3v) is 6.30. The summed E-state index contributed by atoms with van der Waals surface area (Å²) in [6.45, 7) is 1.95. The Hall–Kier alpha value is -2.34. The Morgan fingerprint density at radius 2 is 1.63 bits per heavy atom. The van der Waals surface area contributed by atoms with Gasteiger partial charge in [-0.15, -0.1) is 0 Å². The van der Waals surface area contributed by atoms with Crippen LogP contribution in [0.1, 0.15) is 43.2 Å². The third-order valence-electron chi connectivity index (χ3n) is 4.90. The molecule has 5 nitrogen and oxygen atoms in total. The number of anilines is 1. The highest BCUT2D eigenvalue weighted by atomic mass is 32.2. The van der Waals surface area contributed by atoms with Crippen molar-refractivity contribution in [2.75, 3.05) is 4.72 Å². The smallest absolute Gasteiger partial charge is 0.261 e. The second-order valence-corrected chi connectivity index (χ2v) is 8.85. The summed E-state index contributed by atoms with van der Waals surface area (Å²) in [5.41, 5.74) is 2.55. The summed E-state index contributed by atoms with van der Waals surface area (Å²) in [6, 6.07) is 14.2. The fraction of sp³-hybridized carbons (Fsp3) is 0.381. The highest BCUT2D eigenvalue weighted by molar-refractivity contribution is 7.92. The van der Waals surface area contributed by atoms with Gasteiger partial charge in [-0.1, -0.05) is 42.7 Å². The molecule has 6 heteroatoms. The normalized spacial score (nSPS) is 14.9. The number of amides is 1. The van der Waals surface area contributed by atoms with E-state index in [4.69, 9.17) is 0 Å². The number of rotatable bonds is 7. The molecule has 27 heavy (non-hydrogen) atoms. The minimum atomic E-state index is -3.62. The Kier molecular flexibility index (Phi) is 6.16. The molecule has 144 valence electrons. The zero-order valence-electron chi connectivity index (χ0n) is 15.6. The third kappa shape index (κ3) is 5.57. The fourth-order valence-electron chi connectivity index (χ4n) is 3.30. The Balaban J connectivity index is 1.55. The van der Waals surface area contributed by atoms with E-state index >= 15 is 0 Å². The molecule has 1 fully saturated rings. The molecule has 3 rings (SSSR count). The summed E-state index contributed by atoms with van der Waals surface area (Å²) in [5.74, 6) is 0.0691. The van der Waals surface area contributed by atoms with E-state index in [-0.39, 0.29) is 10.8 Å². The summed E-state index contributed by atoms with van der Waals surface area (Å²) in [4.78, 5) is 12.2. The number of carbonyl (C=O) groups excluding carboxylic acids is 1. The minimum absolute atomic E-state index is 0.0691. The lowest BCUT2D eigenvalue weighted by Crippen LogP contribution is -2.32. The molecule has 0 bridgehead atoms. The molecule has 1 saturated carbocycles. The topological polar surface area (TPSA) is 75.3 Å². The molecule has 1 aliphatic rings. The first-order valence-corrected chi connectivity index (χ1v) is 10.9. The molecular weight excluding hydrogens is 360 g/mol. The van der Waals surface area contributed by atoms with Gasteiger partial charge in [0.15, 0.2) is 0 Å². The molecule has 0 aromatic heterocycles. The molecule has 2 N–H and O–H groups in total. The summed E-state index contributed by atoms with van der Waals surface area (Å²) < 4.78 is 27.5. The van der Waals surface area contributed by atoms with E-state index in [1.165, 1.54) is 12.8 Å². The monoisotopic (exact) mass is 386 g/mol. The standard InChI is InChI=1S/C21H26N2O3S/c1-16-6-11-19(12-7-16)23-27(25,26)20-13-8-17(9-14-20)10-15-21(24)22-18-4-2-3-5-18/h6-9,11-14,18,23H,2-5,10,15H2,1H3,(H,22,24). The van der Waals surface area contributed by atoms with Gasteiger partial charge < -0.3 is 5.32 Å². The van der Waals surface area contributed by atoms with Crippen molar-refractivity contribution in [2.24, 2.45) is 0 Å². The first-order valence-electron chi connectivity index (χ1n) is 9.40. The van der Waals surface area contributed by atoms with Gasteiger partial charge in [-0.3, -0.25) is 9.52 Å². The van der Waals surface area contributed by atoms with E-state index in [0.717, 1.165) is 24.0 Å². The van der Waals surface area contributed by atoms with Gasteiger partial charge in [0.05, 0.1) is 4.90 Å². The van der Waals surface area contributed by atoms with E-state index in [1.807, 2.05) is 19.1 Å². The Morgan fingerprint density at radius 1 is 1.00 bits per heavy atom. The van der Waals surface area contributed by atoms with Crippen LogP contribution in [0.4, 0.5) is 5.69 Å². The van der Waals surface area contributed by atoms with Crippen LogP contribution in [0.5, 0.6) is 0 Å². The molecule has 0 unspecified atom stereocenters. The van der Waals surface area contributed by atoms with Crippen molar-refractivity contribution in [3.63, 3.8) is 0 Å². The largest absolute Gasteiger partial charge is 0.353 e. The Bertz CT molecular complexity index is 869. The van der Waals surface area contributed by atoms with Crippen molar-refractivity contribution in [3.05, 3.63) is 59.7 Å². The molecule has 0 heterocycles. The molecule has 0 saturated heterocycles. The zero-order valence-corrected chi connectivity index (χ0v) is 16.4. The number of carbonyl (C=O) groups is 1. The average molecular weight is 387 g/mol. The number of hydrogen-bond acceptors (Lipinski definition) is 3. The molecule has 2 aromatic rings. The van der Waals surface area contributed by atoms with Crippen LogP contribution in [0.2, 0.25) is 0 Å². The van der Waals surface area contributed by atoms with Crippen molar-refractivity contribution >= 4 is 21.6 Å². The van der Waals surface area contributed by atoms with Crippen LogP contribution in [0.25, 0.3) is 0 Å². The molecule has 1 aliphatic carbocycles. The van der Waals surface area contributed by atoms with E-state index in [1.54, 1.807) is 36.4 Å². The second kappa shape index (κ2) is 8.57. The second-order valence-electron chi connectivity index (χ2n) is 7.16. The number of nitrogens with one attached hydrogen (secondary N) is 2. The number of benzene rings is 2. The van der Waals surface area contributed by atoms with E-state index < -0.39 is 10.0 Å². The lowest BCUT2D eigenvalue weighted by Gasteiger charge is -2.12. The number of hydrogen-bond donors (Lipinski definition) is 2. The average Bonchev–Trinajstić information content (AvgIpc) is 3.15. The van der Waals surface area contributed by atoms with Crippen LogP contribution in [-0.2, 0) is 21.2 Å². The van der Waals surface area contributed by atoms with Crippen molar-refractivity contribution in [3.8, 4) is 0 Å². The Labute approximate surface area is 161 Å². The quantitative estimate of drug-likeness (QED) is 0.760. The molecule has 0 radical (unpaired) electrons. The molecule has 2 aromatic carbocycles. The van der Waals surface area contributed by atoms with Crippen LogP contribution in [0.15, 0.2) is 53.4 Å². The maximum Gasteiger partial charge on any atom is 0.261 e. The van der Waals surface area contributed by atoms with Gasteiger partial charge >= 0.3 is 0 Å². The molecule has 0 spiro atoms. The molecule has 0 atom stereocenters. The van der Waals surface area contributed by atoms with Crippen LogP contribution in [-0.4, -0.2) is 20.4 Å². The molecular formula is C21H26N2O3S. The minimum Gasteiger partial charge on any atom is -0.353 e. The van der Waals surface area contributed by atoms with E-state index in [9.17, 15) is 13.2 Å². The predicted octanol–water partition coefficient (Wildman–Crippen LogP) is 3.79. The molecule has 0 aliphatic heterocycles. The first-order chi connectivity index (χ1) is 12.9. The van der Waals surface area contributed by atoms with Gasteiger partial charge in [0.2, 0.25) is 5.91 Å². The van der Waals surface area contributed by atoms with Crippen LogP contribution >= 0.6 is 0 Å². The SMILES string of the molecule is Cc1ccc(NS(=O)(=O)c2ccc(CCC(=O)NC3CCCC3)cc2)cc1. The summed E-state index contributed by atoms with van der Waals surface area (Å²) in [7, 11) is -3.62. The van der Waals surface area contributed by atoms with Gasteiger partial charge in [0.25, 0.3) is 10.0 Å². The zero-order chi connectivity index (χ0) is 19.3. The van der Waals surface area contributed by atoms with Crippen LogP contribution < -0.4 is 10.0 Å². The summed E-state index contributed by atoms with van der Waals surface area (Å²) in [6.07, 6.45) is 5.56. The van der Waals surface area contributed by atoms with E-state index in [2.05, 4.69) is 10.0 Å². The number of sulfonamides is 1. The first kappa shape index (κ1) is 19.4.